The summed E-state index contributed by atoms with van der Waals surface area (Å²) in [6, 6.07) is 8.29. The van der Waals surface area contributed by atoms with E-state index in [0.717, 1.165) is 4.88 Å². The minimum Gasteiger partial charge on any atom is -0.493 e. The molecule has 0 aliphatic carbocycles. The molecule has 114 valence electrons. The van der Waals surface area contributed by atoms with E-state index in [9.17, 15) is 9.50 Å². The Morgan fingerprint density at radius 1 is 1.24 bits per heavy atom. The fraction of sp³-hybridized carbons (Fsp3) is 0.333. The zero-order valence-corrected chi connectivity index (χ0v) is 12.4. The SMILES string of the molecule is COc1cccc(F)c1OCC(O)COCc1cccs1. The molecule has 0 amide bonds. The Kier molecular flexibility index (Phi) is 5.98. The number of aliphatic hydroxyl groups excluding tert-OH is 1. The second-order valence-electron chi connectivity index (χ2n) is 4.33. The van der Waals surface area contributed by atoms with Crippen LogP contribution in [0.2, 0.25) is 0 Å². The van der Waals surface area contributed by atoms with Crippen LogP contribution in [0.3, 0.4) is 0 Å². The smallest absolute Gasteiger partial charge is 0.197 e. The number of hydrogen-bond donors (Lipinski definition) is 1. The van der Waals surface area contributed by atoms with Gasteiger partial charge < -0.3 is 19.3 Å². The first-order valence-electron chi connectivity index (χ1n) is 6.44. The van der Waals surface area contributed by atoms with Crippen molar-refractivity contribution in [3.8, 4) is 11.5 Å². The van der Waals surface area contributed by atoms with Crippen molar-refractivity contribution in [1.29, 1.82) is 0 Å². The molecule has 1 N–H and O–H groups in total. The summed E-state index contributed by atoms with van der Waals surface area (Å²) in [5, 5.41) is 11.7. The van der Waals surface area contributed by atoms with E-state index in [0.29, 0.717) is 12.4 Å². The van der Waals surface area contributed by atoms with Gasteiger partial charge in [-0.1, -0.05) is 12.1 Å². The molecule has 2 rings (SSSR count). The fourth-order valence-corrected chi connectivity index (χ4v) is 2.35. The van der Waals surface area contributed by atoms with Crippen molar-refractivity contribution in [2.24, 2.45) is 0 Å². The maximum absolute atomic E-state index is 13.6. The molecule has 0 saturated heterocycles. The summed E-state index contributed by atoms with van der Waals surface area (Å²) >= 11 is 1.59. The van der Waals surface area contributed by atoms with Crippen LogP contribution in [0.15, 0.2) is 35.7 Å². The molecule has 1 aromatic heterocycles. The van der Waals surface area contributed by atoms with Crippen molar-refractivity contribution in [1.82, 2.24) is 0 Å². The third-order valence-corrected chi connectivity index (χ3v) is 3.56. The van der Waals surface area contributed by atoms with Gasteiger partial charge in [0.2, 0.25) is 0 Å². The van der Waals surface area contributed by atoms with Gasteiger partial charge in [-0.25, -0.2) is 4.39 Å². The summed E-state index contributed by atoms with van der Waals surface area (Å²) in [6.45, 7) is 0.494. The minimum absolute atomic E-state index is 0.00249. The summed E-state index contributed by atoms with van der Waals surface area (Å²) in [7, 11) is 1.43. The van der Waals surface area contributed by atoms with Crippen molar-refractivity contribution in [2.45, 2.75) is 12.7 Å². The van der Waals surface area contributed by atoms with Gasteiger partial charge in [-0.2, -0.15) is 0 Å². The molecule has 0 spiro atoms. The lowest BCUT2D eigenvalue weighted by atomic mass is 10.3. The van der Waals surface area contributed by atoms with Gasteiger partial charge in [-0.3, -0.25) is 0 Å². The van der Waals surface area contributed by atoms with Crippen LogP contribution >= 0.6 is 11.3 Å². The maximum Gasteiger partial charge on any atom is 0.197 e. The number of rotatable bonds is 8. The van der Waals surface area contributed by atoms with Gasteiger partial charge in [-0.05, 0) is 23.6 Å². The normalized spacial score (nSPS) is 12.1. The molecular formula is C15H17FO4S. The molecule has 1 unspecified atom stereocenters. The molecule has 1 aromatic carbocycles. The molecule has 4 nitrogen and oxygen atoms in total. The highest BCUT2D eigenvalue weighted by atomic mass is 32.1. The van der Waals surface area contributed by atoms with Crippen molar-refractivity contribution in [3.63, 3.8) is 0 Å². The van der Waals surface area contributed by atoms with Gasteiger partial charge >= 0.3 is 0 Å². The molecule has 6 heteroatoms. The second-order valence-corrected chi connectivity index (χ2v) is 5.36. The van der Waals surface area contributed by atoms with Gasteiger partial charge in [0.25, 0.3) is 0 Å². The molecule has 0 bridgehead atoms. The van der Waals surface area contributed by atoms with E-state index >= 15 is 0 Å². The standard InChI is InChI=1S/C15H17FO4S/c1-18-14-6-2-5-13(16)15(14)20-9-11(17)8-19-10-12-4-3-7-21-12/h2-7,11,17H,8-10H2,1H3. The monoisotopic (exact) mass is 312 g/mol. The minimum atomic E-state index is -0.839. The predicted octanol–water partition coefficient (Wildman–Crippen LogP) is 2.85. The predicted molar refractivity (Wildman–Crippen MR) is 78.4 cm³/mol. The Morgan fingerprint density at radius 2 is 2.10 bits per heavy atom. The number of halogens is 1. The number of ether oxygens (including phenoxy) is 3. The zero-order valence-electron chi connectivity index (χ0n) is 11.6. The summed E-state index contributed by atoms with van der Waals surface area (Å²) in [5.74, 6) is -0.236. The summed E-state index contributed by atoms with van der Waals surface area (Å²) in [4.78, 5) is 1.08. The van der Waals surface area contributed by atoms with E-state index in [1.165, 1.54) is 19.2 Å². The lowest BCUT2D eigenvalue weighted by Crippen LogP contribution is -2.23. The summed E-state index contributed by atoms with van der Waals surface area (Å²) in [5.41, 5.74) is 0. The first-order valence-corrected chi connectivity index (χ1v) is 7.32. The number of methoxy groups -OCH3 is 1. The lowest BCUT2D eigenvalue weighted by molar-refractivity contribution is 0.00515. The third-order valence-electron chi connectivity index (χ3n) is 2.71. The second kappa shape index (κ2) is 7.97. The number of thiophene rings is 1. The van der Waals surface area contributed by atoms with Gasteiger partial charge in [-0.15, -0.1) is 11.3 Å². The molecule has 0 fully saturated rings. The molecule has 1 heterocycles. The van der Waals surface area contributed by atoms with E-state index < -0.39 is 11.9 Å². The molecule has 21 heavy (non-hydrogen) atoms. The largest absolute Gasteiger partial charge is 0.493 e. The Labute approximate surface area is 126 Å². The number of para-hydroxylation sites is 1. The van der Waals surface area contributed by atoms with Crippen LogP contribution in [0.25, 0.3) is 0 Å². The van der Waals surface area contributed by atoms with Crippen molar-refractivity contribution >= 4 is 11.3 Å². The van der Waals surface area contributed by atoms with Crippen LogP contribution in [-0.2, 0) is 11.3 Å². The van der Waals surface area contributed by atoms with Gasteiger partial charge in [0.15, 0.2) is 17.3 Å². The Bertz CT molecular complexity index is 545. The van der Waals surface area contributed by atoms with E-state index in [2.05, 4.69) is 0 Å². The van der Waals surface area contributed by atoms with Gasteiger partial charge in [0.05, 0.1) is 20.3 Å². The Balaban J connectivity index is 1.77. The highest BCUT2D eigenvalue weighted by Gasteiger charge is 2.13. The average molecular weight is 312 g/mol. The summed E-state index contributed by atoms with van der Waals surface area (Å²) < 4.78 is 29.3. The van der Waals surface area contributed by atoms with Crippen molar-refractivity contribution in [2.75, 3.05) is 20.3 Å². The fourth-order valence-electron chi connectivity index (χ4n) is 1.71. The lowest BCUT2D eigenvalue weighted by Gasteiger charge is -2.15. The molecule has 0 aliphatic rings. The first-order chi connectivity index (χ1) is 10.2. The third kappa shape index (κ3) is 4.70. The van der Waals surface area contributed by atoms with Crippen molar-refractivity contribution < 1.29 is 23.7 Å². The van der Waals surface area contributed by atoms with Gasteiger partial charge in [0, 0.05) is 4.88 Å². The molecule has 2 aromatic rings. The topological polar surface area (TPSA) is 47.9 Å². The molecule has 0 saturated carbocycles. The highest BCUT2D eigenvalue weighted by molar-refractivity contribution is 7.09. The molecule has 0 radical (unpaired) electrons. The zero-order chi connectivity index (χ0) is 15.1. The van der Waals surface area contributed by atoms with E-state index in [1.807, 2.05) is 17.5 Å². The number of hydrogen-bond acceptors (Lipinski definition) is 5. The molecular weight excluding hydrogens is 295 g/mol. The van der Waals surface area contributed by atoms with Crippen LogP contribution in [0.5, 0.6) is 11.5 Å². The van der Waals surface area contributed by atoms with Gasteiger partial charge in [0.1, 0.15) is 12.7 Å². The van der Waals surface area contributed by atoms with E-state index in [4.69, 9.17) is 14.2 Å². The van der Waals surface area contributed by atoms with Crippen LogP contribution < -0.4 is 9.47 Å². The summed E-state index contributed by atoms with van der Waals surface area (Å²) in [6.07, 6.45) is -0.839. The Hall–Kier alpha value is -1.63. The van der Waals surface area contributed by atoms with Crippen LogP contribution in [-0.4, -0.2) is 31.5 Å². The maximum atomic E-state index is 13.6. The highest BCUT2D eigenvalue weighted by Crippen LogP contribution is 2.29. The van der Waals surface area contributed by atoms with E-state index in [1.54, 1.807) is 17.4 Å². The Morgan fingerprint density at radius 3 is 2.81 bits per heavy atom. The molecule has 1 atom stereocenters. The van der Waals surface area contributed by atoms with Crippen molar-refractivity contribution in [3.05, 3.63) is 46.4 Å². The average Bonchev–Trinajstić information content (AvgIpc) is 2.99. The number of benzene rings is 1. The quantitative estimate of drug-likeness (QED) is 0.814. The number of aliphatic hydroxyl groups is 1. The first kappa shape index (κ1) is 15.8. The van der Waals surface area contributed by atoms with E-state index in [-0.39, 0.29) is 19.0 Å². The van der Waals surface area contributed by atoms with Crippen LogP contribution in [0.4, 0.5) is 4.39 Å². The van der Waals surface area contributed by atoms with Crippen LogP contribution in [0, 0.1) is 5.82 Å². The molecule has 0 aliphatic heterocycles. The van der Waals surface area contributed by atoms with Crippen LogP contribution in [0.1, 0.15) is 4.88 Å².